The zero-order chi connectivity index (χ0) is 13.1. The second-order valence-electron chi connectivity index (χ2n) is 5.00. The van der Waals surface area contributed by atoms with Gasteiger partial charge in [0.05, 0.1) is 0 Å². The van der Waals surface area contributed by atoms with E-state index in [1.54, 1.807) is 11.3 Å². The standard InChI is InChI=1S/C15H17ClN2S/c16-12-7-5-11(6-8-12)15-18-10-14(19-15)9-17-13-3-1-2-4-13/h5-8,10,13,17H,1-4,9H2. The summed E-state index contributed by atoms with van der Waals surface area (Å²) in [6.45, 7) is 0.940. The minimum atomic E-state index is 0.709. The molecule has 19 heavy (non-hydrogen) atoms. The Hall–Kier alpha value is -0.900. The average Bonchev–Trinajstić information content (AvgIpc) is 3.09. The van der Waals surface area contributed by atoms with E-state index in [0.717, 1.165) is 22.1 Å². The summed E-state index contributed by atoms with van der Waals surface area (Å²) in [6, 6.07) is 8.58. The number of rotatable bonds is 4. The largest absolute Gasteiger partial charge is 0.309 e. The fourth-order valence-electron chi connectivity index (χ4n) is 2.49. The molecule has 0 atom stereocenters. The molecule has 0 unspecified atom stereocenters. The van der Waals surface area contributed by atoms with Gasteiger partial charge in [0.15, 0.2) is 0 Å². The van der Waals surface area contributed by atoms with Gasteiger partial charge < -0.3 is 5.32 Å². The first kappa shape index (κ1) is 13.1. The van der Waals surface area contributed by atoms with Crippen LogP contribution in [0.4, 0.5) is 0 Å². The van der Waals surface area contributed by atoms with Gasteiger partial charge in [0.1, 0.15) is 5.01 Å². The van der Waals surface area contributed by atoms with Crippen molar-refractivity contribution in [1.82, 2.24) is 10.3 Å². The highest BCUT2D eigenvalue weighted by Crippen LogP contribution is 2.26. The lowest BCUT2D eigenvalue weighted by Crippen LogP contribution is -2.24. The van der Waals surface area contributed by atoms with Crippen molar-refractivity contribution >= 4 is 22.9 Å². The van der Waals surface area contributed by atoms with Crippen LogP contribution in [0.3, 0.4) is 0 Å². The van der Waals surface area contributed by atoms with Crippen LogP contribution in [-0.4, -0.2) is 11.0 Å². The average molecular weight is 293 g/mol. The van der Waals surface area contributed by atoms with Crippen LogP contribution >= 0.6 is 22.9 Å². The lowest BCUT2D eigenvalue weighted by molar-refractivity contribution is 0.527. The van der Waals surface area contributed by atoms with E-state index >= 15 is 0 Å². The monoisotopic (exact) mass is 292 g/mol. The van der Waals surface area contributed by atoms with E-state index in [2.05, 4.69) is 10.3 Å². The Morgan fingerprint density at radius 1 is 1.21 bits per heavy atom. The van der Waals surface area contributed by atoms with Gasteiger partial charge in [-0.15, -0.1) is 11.3 Å². The van der Waals surface area contributed by atoms with Crippen LogP contribution in [0.2, 0.25) is 5.02 Å². The molecule has 100 valence electrons. The molecule has 1 aromatic carbocycles. The Morgan fingerprint density at radius 3 is 2.68 bits per heavy atom. The normalized spacial score (nSPS) is 16.1. The molecule has 1 aliphatic rings. The topological polar surface area (TPSA) is 24.9 Å². The molecule has 1 heterocycles. The van der Waals surface area contributed by atoms with Gasteiger partial charge in [-0.2, -0.15) is 0 Å². The van der Waals surface area contributed by atoms with Crippen molar-refractivity contribution in [2.24, 2.45) is 0 Å². The Labute approximate surface area is 122 Å². The second kappa shape index (κ2) is 6.04. The molecule has 1 saturated carbocycles. The van der Waals surface area contributed by atoms with Crippen molar-refractivity contribution in [3.8, 4) is 10.6 Å². The van der Waals surface area contributed by atoms with Crippen LogP contribution in [0.15, 0.2) is 30.5 Å². The predicted molar refractivity (Wildman–Crippen MR) is 81.7 cm³/mol. The highest BCUT2D eigenvalue weighted by molar-refractivity contribution is 7.15. The maximum atomic E-state index is 5.90. The molecule has 1 aromatic heterocycles. The molecule has 0 amide bonds. The first-order valence-corrected chi connectivity index (χ1v) is 7.95. The third kappa shape index (κ3) is 3.35. The molecule has 2 nitrogen and oxygen atoms in total. The van der Waals surface area contributed by atoms with E-state index < -0.39 is 0 Å². The van der Waals surface area contributed by atoms with Crippen LogP contribution in [0.25, 0.3) is 10.6 Å². The van der Waals surface area contributed by atoms with Gasteiger partial charge >= 0.3 is 0 Å². The highest BCUT2D eigenvalue weighted by atomic mass is 35.5. The zero-order valence-electron chi connectivity index (χ0n) is 10.7. The summed E-state index contributed by atoms with van der Waals surface area (Å²) in [6.07, 6.45) is 7.37. The molecule has 0 radical (unpaired) electrons. The van der Waals surface area contributed by atoms with E-state index in [4.69, 9.17) is 11.6 Å². The predicted octanol–water partition coefficient (Wildman–Crippen LogP) is 4.50. The lowest BCUT2D eigenvalue weighted by Gasteiger charge is -2.09. The molecule has 2 aromatic rings. The molecule has 4 heteroatoms. The number of nitrogens with one attached hydrogen (secondary N) is 1. The molecule has 3 rings (SSSR count). The molecular formula is C15H17ClN2S. The van der Waals surface area contributed by atoms with Crippen molar-refractivity contribution in [1.29, 1.82) is 0 Å². The summed E-state index contributed by atoms with van der Waals surface area (Å²) in [5.41, 5.74) is 1.14. The van der Waals surface area contributed by atoms with Gasteiger partial charge in [-0.1, -0.05) is 36.6 Å². The SMILES string of the molecule is Clc1ccc(-c2ncc(CNC3CCCC3)s2)cc1. The summed E-state index contributed by atoms with van der Waals surface area (Å²) in [5, 5.41) is 5.46. The van der Waals surface area contributed by atoms with Crippen molar-refractivity contribution in [2.45, 2.75) is 38.3 Å². The second-order valence-corrected chi connectivity index (χ2v) is 6.55. The number of hydrogen-bond acceptors (Lipinski definition) is 3. The van der Waals surface area contributed by atoms with E-state index in [1.165, 1.54) is 30.6 Å². The van der Waals surface area contributed by atoms with Gasteiger partial charge in [-0.25, -0.2) is 4.98 Å². The van der Waals surface area contributed by atoms with Gasteiger partial charge in [-0.05, 0) is 25.0 Å². The van der Waals surface area contributed by atoms with E-state index in [-0.39, 0.29) is 0 Å². The molecular weight excluding hydrogens is 276 g/mol. The smallest absolute Gasteiger partial charge is 0.123 e. The van der Waals surface area contributed by atoms with Crippen molar-refractivity contribution in [3.05, 3.63) is 40.4 Å². The lowest BCUT2D eigenvalue weighted by atomic mass is 10.2. The fraction of sp³-hybridized carbons (Fsp3) is 0.400. The Morgan fingerprint density at radius 2 is 1.95 bits per heavy atom. The molecule has 0 saturated heterocycles. The van der Waals surface area contributed by atoms with Crippen molar-refractivity contribution < 1.29 is 0 Å². The van der Waals surface area contributed by atoms with Crippen LogP contribution < -0.4 is 5.32 Å². The first-order chi connectivity index (χ1) is 9.31. The summed E-state index contributed by atoms with van der Waals surface area (Å²) in [7, 11) is 0. The maximum absolute atomic E-state index is 5.90. The minimum Gasteiger partial charge on any atom is -0.309 e. The summed E-state index contributed by atoms with van der Waals surface area (Å²) >= 11 is 7.66. The number of aromatic nitrogens is 1. The number of benzene rings is 1. The van der Waals surface area contributed by atoms with Crippen LogP contribution in [-0.2, 0) is 6.54 Å². The first-order valence-electron chi connectivity index (χ1n) is 6.75. The Kier molecular flexibility index (Phi) is 4.16. The zero-order valence-corrected chi connectivity index (χ0v) is 12.3. The van der Waals surface area contributed by atoms with Crippen LogP contribution in [0.1, 0.15) is 30.6 Å². The van der Waals surface area contributed by atoms with Crippen LogP contribution in [0.5, 0.6) is 0 Å². The quantitative estimate of drug-likeness (QED) is 0.898. The number of halogens is 1. The summed E-state index contributed by atoms with van der Waals surface area (Å²) in [4.78, 5) is 5.80. The van der Waals surface area contributed by atoms with Crippen LogP contribution in [0, 0.1) is 0 Å². The van der Waals surface area contributed by atoms with Gasteiger partial charge in [0.25, 0.3) is 0 Å². The molecule has 0 aliphatic heterocycles. The Balaban J connectivity index is 1.63. The maximum Gasteiger partial charge on any atom is 0.123 e. The summed E-state index contributed by atoms with van der Waals surface area (Å²) < 4.78 is 0. The van der Waals surface area contributed by atoms with Gasteiger partial charge in [-0.3, -0.25) is 0 Å². The minimum absolute atomic E-state index is 0.709. The number of nitrogens with zero attached hydrogens (tertiary/aromatic N) is 1. The number of hydrogen-bond donors (Lipinski definition) is 1. The third-order valence-corrected chi connectivity index (χ3v) is 4.86. The molecule has 0 bridgehead atoms. The fourth-order valence-corrected chi connectivity index (χ4v) is 3.48. The van der Waals surface area contributed by atoms with E-state index in [0.29, 0.717) is 6.04 Å². The van der Waals surface area contributed by atoms with E-state index in [9.17, 15) is 0 Å². The van der Waals surface area contributed by atoms with Gasteiger partial charge in [0, 0.05) is 34.2 Å². The molecule has 1 N–H and O–H groups in total. The van der Waals surface area contributed by atoms with Gasteiger partial charge in [0.2, 0.25) is 0 Å². The number of thiazole rings is 1. The summed E-state index contributed by atoms with van der Waals surface area (Å²) in [5.74, 6) is 0. The van der Waals surface area contributed by atoms with Crippen molar-refractivity contribution in [2.75, 3.05) is 0 Å². The molecule has 0 spiro atoms. The highest BCUT2D eigenvalue weighted by Gasteiger charge is 2.14. The molecule has 1 fully saturated rings. The van der Waals surface area contributed by atoms with Crippen molar-refractivity contribution in [3.63, 3.8) is 0 Å². The van der Waals surface area contributed by atoms with E-state index in [1.807, 2.05) is 30.5 Å². The Bertz CT molecular complexity index is 529. The third-order valence-electron chi connectivity index (χ3n) is 3.56. The molecule has 1 aliphatic carbocycles.